The summed E-state index contributed by atoms with van der Waals surface area (Å²) in [6.07, 6.45) is 5.30. The molecule has 3 heterocycles. The molecule has 2 aliphatic rings. The molecule has 1 aromatic heterocycles. The van der Waals surface area contributed by atoms with Crippen LogP contribution in [0, 0.1) is 5.41 Å². The molecule has 1 aromatic carbocycles. The van der Waals surface area contributed by atoms with E-state index in [1.807, 2.05) is 0 Å². The maximum Gasteiger partial charge on any atom is 0.255 e. The lowest BCUT2D eigenvalue weighted by Crippen LogP contribution is -2.55. The van der Waals surface area contributed by atoms with Gasteiger partial charge in [-0.2, -0.15) is 0 Å². The number of methoxy groups -OCH3 is 1. The minimum atomic E-state index is -0.503. The minimum Gasteiger partial charge on any atom is -0.508 e. The fraction of sp³-hybridized carbons (Fsp3) is 0.478. The van der Waals surface area contributed by atoms with Crippen molar-refractivity contribution in [2.75, 3.05) is 33.3 Å². The normalized spacial score (nSPS) is 21.5. The number of nitrogens with zero attached hydrogens (tertiary/aromatic N) is 3. The SMILES string of the molecule is COc1ccc(O)cc1CN1CCC2(CC1)CC(O)CN(C(=O)c1cccnc1)C2. The summed E-state index contributed by atoms with van der Waals surface area (Å²) in [6.45, 7) is 3.50. The Bertz CT molecular complexity index is 881. The number of aromatic hydroxyl groups is 1. The fourth-order valence-electron chi connectivity index (χ4n) is 4.86. The lowest BCUT2D eigenvalue weighted by Gasteiger charge is -2.49. The highest BCUT2D eigenvalue weighted by molar-refractivity contribution is 5.94. The molecule has 0 radical (unpaired) electrons. The van der Waals surface area contributed by atoms with Crippen LogP contribution in [-0.4, -0.2) is 70.3 Å². The molecule has 2 fully saturated rings. The average Bonchev–Trinajstić information content (AvgIpc) is 2.75. The van der Waals surface area contributed by atoms with Crippen molar-refractivity contribution in [1.82, 2.24) is 14.8 Å². The quantitative estimate of drug-likeness (QED) is 0.803. The van der Waals surface area contributed by atoms with Crippen LogP contribution in [0.2, 0.25) is 0 Å². The van der Waals surface area contributed by atoms with E-state index in [9.17, 15) is 15.0 Å². The van der Waals surface area contributed by atoms with Crippen LogP contribution in [0.3, 0.4) is 0 Å². The van der Waals surface area contributed by atoms with E-state index in [-0.39, 0.29) is 17.1 Å². The molecule has 160 valence electrons. The number of rotatable bonds is 4. The third-order valence-electron chi connectivity index (χ3n) is 6.40. The smallest absolute Gasteiger partial charge is 0.255 e. The molecule has 0 aliphatic carbocycles. The number of aromatic nitrogens is 1. The number of likely N-dealkylation sites (tertiary alicyclic amines) is 2. The molecule has 7 nitrogen and oxygen atoms in total. The van der Waals surface area contributed by atoms with Crippen LogP contribution < -0.4 is 4.74 Å². The molecule has 1 amide bonds. The van der Waals surface area contributed by atoms with E-state index in [1.165, 1.54) is 0 Å². The lowest BCUT2D eigenvalue weighted by atomic mass is 9.71. The van der Waals surface area contributed by atoms with Crippen LogP contribution in [0.4, 0.5) is 0 Å². The second-order valence-corrected chi connectivity index (χ2v) is 8.56. The van der Waals surface area contributed by atoms with Gasteiger partial charge in [0.05, 0.1) is 18.8 Å². The molecule has 4 rings (SSSR count). The molecule has 2 saturated heterocycles. The number of hydrogen-bond acceptors (Lipinski definition) is 6. The van der Waals surface area contributed by atoms with Gasteiger partial charge in [-0.05, 0) is 68.1 Å². The number of carbonyl (C=O) groups is 1. The summed E-state index contributed by atoms with van der Waals surface area (Å²) in [5, 5.41) is 20.3. The van der Waals surface area contributed by atoms with Crippen molar-refractivity contribution >= 4 is 5.91 Å². The van der Waals surface area contributed by atoms with Gasteiger partial charge >= 0.3 is 0 Å². The van der Waals surface area contributed by atoms with Crippen LogP contribution in [0.25, 0.3) is 0 Å². The maximum atomic E-state index is 12.9. The van der Waals surface area contributed by atoms with E-state index in [0.29, 0.717) is 25.2 Å². The highest BCUT2D eigenvalue weighted by Crippen LogP contribution is 2.41. The van der Waals surface area contributed by atoms with Gasteiger partial charge in [0.1, 0.15) is 11.5 Å². The summed E-state index contributed by atoms with van der Waals surface area (Å²) in [5.41, 5.74) is 1.47. The molecule has 1 atom stereocenters. The molecule has 0 saturated carbocycles. The van der Waals surface area contributed by atoms with Crippen LogP contribution in [0.1, 0.15) is 35.2 Å². The number of pyridine rings is 1. The lowest BCUT2D eigenvalue weighted by molar-refractivity contribution is -0.0338. The van der Waals surface area contributed by atoms with E-state index >= 15 is 0 Å². The van der Waals surface area contributed by atoms with Gasteiger partial charge in [0, 0.05) is 37.6 Å². The Morgan fingerprint density at radius 2 is 2.10 bits per heavy atom. The number of ether oxygens (including phenoxy) is 1. The van der Waals surface area contributed by atoms with Gasteiger partial charge in [0.2, 0.25) is 0 Å². The van der Waals surface area contributed by atoms with Crippen molar-refractivity contribution in [2.45, 2.75) is 31.9 Å². The second-order valence-electron chi connectivity index (χ2n) is 8.56. The largest absolute Gasteiger partial charge is 0.508 e. The average molecular weight is 412 g/mol. The van der Waals surface area contributed by atoms with Gasteiger partial charge in [0.15, 0.2) is 0 Å². The predicted molar refractivity (Wildman–Crippen MR) is 112 cm³/mol. The Labute approximate surface area is 176 Å². The number of hydrogen-bond donors (Lipinski definition) is 2. The number of aliphatic hydroxyl groups is 1. The molecule has 30 heavy (non-hydrogen) atoms. The van der Waals surface area contributed by atoms with Crippen LogP contribution >= 0.6 is 0 Å². The number of phenols is 1. The van der Waals surface area contributed by atoms with Crippen molar-refractivity contribution in [2.24, 2.45) is 5.41 Å². The summed E-state index contributed by atoms with van der Waals surface area (Å²) < 4.78 is 5.43. The zero-order valence-electron chi connectivity index (χ0n) is 17.3. The van der Waals surface area contributed by atoms with E-state index < -0.39 is 6.10 Å². The van der Waals surface area contributed by atoms with Crippen molar-refractivity contribution in [3.05, 3.63) is 53.9 Å². The minimum absolute atomic E-state index is 0.0606. The number of β-amino-alcohol motifs (C(OH)–C–C–N with tert-alkyl or cyclic N) is 1. The molecular formula is C23H29N3O4. The molecule has 1 spiro atoms. The van der Waals surface area contributed by atoms with Gasteiger partial charge in [0.25, 0.3) is 5.91 Å². The molecule has 2 aliphatic heterocycles. The number of benzene rings is 1. The zero-order chi connectivity index (χ0) is 21.1. The van der Waals surface area contributed by atoms with Crippen molar-refractivity contribution in [3.8, 4) is 11.5 Å². The van der Waals surface area contributed by atoms with Gasteiger partial charge in [-0.1, -0.05) is 0 Å². The predicted octanol–water partition coefficient (Wildman–Crippen LogP) is 2.29. The molecule has 0 bridgehead atoms. The van der Waals surface area contributed by atoms with Crippen molar-refractivity contribution < 1.29 is 19.7 Å². The van der Waals surface area contributed by atoms with Crippen LogP contribution in [0.5, 0.6) is 11.5 Å². The van der Waals surface area contributed by atoms with Gasteiger partial charge in [-0.25, -0.2) is 0 Å². The Morgan fingerprint density at radius 3 is 2.80 bits per heavy atom. The first-order chi connectivity index (χ1) is 14.5. The third kappa shape index (κ3) is 4.42. The maximum absolute atomic E-state index is 12.9. The van der Waals surface area contributed by atoms with Gasteiger partial charge < -0.3 is 19.8 Å². The summed E-state index contributed by atoms with van der Waals surface area (Å²) in [7, 11) is 1.64. The highest BCUT2D eigenvalue weighted by Gasteiger charge is 2.43. The first kappa shape index (κ1) is 20.6. The third-order valence-corrected chi connectivity index (χ3v) is 6.40. The van der Waals surface area contributed by atoms with Crippen molar-refractivity contribution in [3.63, 3.8) is 0 Å². The standard InChI is InChI=1S/C23H29N3O4/c1-30-21-5-4-19(27)11-18(21)14-25-9-6-23(7-10-25)12-20(28)15-26(16-23)22(29)17-3-2-8-24-13-17/h2-5,8,11,13,20,27-28H,6-7,9-10,12,14-16H2,1H3. The molecule has 2 N–H and O–H groups in total. The van der Waals surface area contributed by atoms with E-state index in [0.717, 1.165) is 43.7 Å². The summed E-state index contributed by atoms with van der Waals surface area (Å²) >= 11 is 0. The van der Waals surface area contributed by atoms with E-state index in [2.05, 4.69) is 9.88 Å². The van der Waals surface area contributed by atoms with E-state index in [1.54, 1.807) is 54.7 Å². The zero-order valence-corrected chi connectivity index (χ0v) is 17.3. The molecule has 1 unspecified atom stereocenters. The summed E-state index contributed by atoms with van der Waals surface area (Å²) in [5.74, 6) is 0.946. The molecular weight excluding hydrogens is 382 g/mol. The second kappa shape index (κ2) is 8.62. The summed E-state index contributed by atoms with van der Waals surface area (Å²) in [4.78, 5) is 21.1. The first-order valence-electron chi connectivity index (χ1n) is 10.4. The summed E-state index contributed by atoms with van der Waals surface area (Å²) in [6, 6.07) is 8.70. The topological polar surface area (TPSA) is 86.1 Å². The van der Waals surface area contributed by atoms with Gasteiger partial charge in [-0.15, -0.1) is 0 Å². The Kier molecular flexibility index (Phi) is 5.92. The Morgan fingerprint density at radius 1 is 1.30 bits per heavy atom. The monoisotopic (exact) mass is 411 g/mol. The Hall–Kier alpha value is -2.64. The number of phenolic OH excluding ortho intramolecular Hbond substituents is 1. The Balaban J connectivity index is 1.42. The first-order valence-corrected chi connectivity index (χ1v) is 10.4. The van der Waals surface area contributed by atoms with Crippen LogP contribution in [-0.2, 0) is 6.54 Å². The molecule has 2 aromatic rings. The number of amides is 1. The van der Waals surface area contributed by atoms with Gasteiger partial charge in [-0.3, -0.25) is 14.7 Å². The number of piperidine rings is 2. The molecule has 7 heteroatoms. The number of aliphatic hydroxyl groups excluding tert-OH is 1. The van der Waals surface area contributed by atoms with Crippen molar-refractivity contribution in [1.29, 1.82) is 0 Å². The number of carbonyl (C=O) groups excluding carboxylic acids is 1. The van der Waals surface area contributed by atoms with Crippen LogP contribution in [0.15, 0.2) is 42.7 Å². The fourth-order valence-corrected chi connectivity index (χ4v) is 4.86. The van der Waals surface area contributed by atoms with E-state index in [4.69, 9.17) is 4.74 Å². The highest BCUT2D eigenvalue weighted by atomic mass is 16.5.